The number of nitrogens with zero attached hydrogens (tertiary/aromatic N) is 3. The van der Waals surface area contributed by atoms with E-state index in [0.717, 1.165) is 5.56 Å². The molecule has 0 saturated heterocycles. The molecule has 7 nitrogen and oxygen atoms in total. The van der Waals surface area contributed by atoms with Crippen LogP contribution in [-0.2, 0) is 11.8 Å². The highest BCUT2D eigenvalue weighted by atomic mass is 16.5. The number of ketones is 1. The Balaban J connectivity index is 1.64. The van der Waals surface area contributed by atoms with E-state index >= 15 is 0 Å². The number of Topliss-reactive ketones (excluding diaryl/α,β-unsaturated/α-hetero) is 1. The standard InChI is InChI=1S/C19H18N4O3/c1-12-4-6-16(8-13(12)2)26-17-7-5-15(10-20-17)22-19(25)18(24)14-9-21-23(3)11-14/h4-11H,1-3H3,(H,22,25). The maximum Gasteiger partial charge on any atom is 0.296 e. The number of aromatic nitrogens is 3. The fourth-order valence-corrected chi connectivity index (χ4v) is 2.27. The number of hydrogen-bond acceptors (Lipinski definition) is 5. The van der Waals surface area contributed by atoms with Crippen LogP contribution in [0.5, 0.6) is 11.6 Å². The quantitative estimate of drug-likeness (QED) is 0.564. The minimum atomic E-state index is -0.748. The molecule has 1 N–H and O–H groups in total. The predicted octanol–water partition coefficient (Wildman–Crippen LogP) is 3.05. The summed E-state index contributed by atoms with van der Waals surface area (Å²) in [5.41, 5.74) is 2.94. The molecule has 0 spiro atoms. The maximum absolute atomic E-state index is 12.0. The third-order valence-corrected chi connectivity index (χ3v) is 3.87. The van der Waals surface area contributed by atoms with Gasteiger partial charge in [0.2, 0.25) is 5.88 Å². The molecule has 2 aromatic heterocycles. The summed E-state index contributed by atoms with van der Waals surface area (Å²) in [5, 5.41) is 6.39. The van der Waals surface area contributed by atoms with Crippen molar-refractivity contribution in [3.63, 3.8) is 0 Å². The fraction of sp³-hybridized carbons (Fsp3) is 0.158. The maximum atomic E-state index is 12.0. The lowest BCUT2D eigenvalue weighted by molar-refractivity contribution is -0.112. The van der Waals surface area contributed by atoms with Gasteiger partial charge < -0.3 is 10.1 Å². The van der Waals surface area contributed by atoms with Gasteiger partial charge in [-0.15, -0.1) is 0 Å². The van der Waals surface area contributed by atoms with E-state index in [2.05, 4.69) is 15.4 Å². The van der Waals surface area contributed by atoms with E-state index in [0.29, 0.717) is 17.3 Å². The Kier molecular flexibility index (Phi) is 4.79. The van der Waals surface area contributed by atoms with E-state index in [1.807, 2.05) is 32.0 Å². The molecule has 2 heterocycles. The second-order valence-electron chi connectivity index (χ2n) is 5.92. The number of hydrogen-bond donors (Lipinski definition) is 1. The van der Waals surface area contributed by atoms with Gasteiger partial charge in [-0.25, -0.2) is 4.98 Å². The third kappa shape index (κ3) is 3.94. The Morgan fingerprint density at radius 3 is 2.50 bits per heavy atom. The third-order valence-electron chi connectivity index (χ3n) is 3.87. The van der Waals surface area contributed by atoms with E-state index in [4.69, 9.17) is 4.74 Å². The molecule has 1 aromatic carbocycles. The summed E-state index contributed by atoms with van der Waals surface area (Å²) in [7, 11) is 1.67. The highest BCUT2D eigenvalue weighted by Crippen LogP contribution is 2.23. The molecule has 0 aliphatic heterocycles. The molecule has 132 valence electrons. The van der Waals surface area contributed by atoms with Crippen LogP contribution in [-0.4, -0.2) is 26.5 Å². The van der Waals surface area contributed by atoms with Crippen molar-refractivity contribution in [2.24, 2.45) is 7.05 Å². The van der Waals surface area contributed by atoms with Crippen molar-refractivity contribution in [3.8, 4) is 11.6 Å². The zero-order chi connectivity index (χ0) is 18.7. The second kappa shape index (κ2) is 7.18. The predicted molar refractivity (Wildman–Crippen MR) is 96.4 cm³/mol. The number of benzene rings is 1. The van der Waals surface area contributed by atoms with E-state index in [-0.39, 0.29) is 5.56 Å². The molecule has 26 heavy (non-hydrogen) atoms. The molecule has 1 amide bonds. The molecule has 0 bridgehead atoms. The number of ether oxygens (including phenoxy) is 1. The van der Waals surface area contributed by atoms with Crippen LogP contribution in [0, 0.1) is 13.8 Å². The van der Waals surface area contributed by atoms with Crippen LogP contribution in [0.2, 0.25) is 0 Å². The van der Waals surface area contributed by atoms with Crippen molar-refractivity contribution in [3.05, 3.63) is 65.6 Å². The number of anilines is 1. The van der Waals surface area contributed by atoms with Gasteiger partial charge in [-0.05, 0) is 43.2 Å². The Morgan fingerprint density at radius 1 is 1.08 bits per heavy atom. The van der Waals surface area contributed by atoms with E-state index in [9.17, 15) is 9.59 Å². The first-order chi connectivity index (χ1) is 12.4. The Morgan fingerprint density at radius 2 is 1.88 bits per heavy atom. The number of pyridine rings is 1. The average Bonchev–Trinajstić information content (AvgIpc) is 3.05. The van der Waals surface area contributed by atoms with E-state index in [1.54, 1.807) is 19.2 Å². The SMILES string of the molecule is Cc1ccc(Oc2ccc(NC(=O)C(=O)c3cnn(C)c3)cn2)cc1C. The highest BCUT2D eigenvalue weighted by molar-refractivity contribution is 6.46. The number of carbonyl (C=O) groups is 2. The van der Waals surface area contributed by atoms with Crippen molar-refractivity contribution < 1.29 is 14.3 Å². The summed E-state index contributed by atoms with van der Waals surface area (Å²) in [6.45, 7) is 4.04. The zero-order valence-corrected chi connectivity index (χ0v) is 14.7. The van der Waals surface area contributed by atoms with E-state index in [1.165, 1.54) is 28.8 Å². The molecule has 7 heteroatoms. The zero-order valence-electron chi connectivity index (χ0n) is 14.7. The molecule has 0 aliphatic rings. The number of aryl methyl sites for hydroxylation is 3. The first-order valence-corrected chi connectivity index (χ1v) is 7.98. The lowest BCUT2D eigenvalue weighted by Gasteiger charge is -2.08. The number of rotatable bonds is 5. The minimum Gasteiger partial charge on any atom is -0.439 e. The monoisotopic (exact) mass is 350 g/mol. The normalized spacial score (nSPS) is 10.4. The van der Waals surface area contributed by atoms with Gasteiger partial charge in [0.1, 0.15) is 5.75 Å². The van der Waals surface area contributed by atoms with Crippen molar-refractivity contribution in [2.45, 2.75) is 13.8 Å². The molecular weight excluding hydrogens is 332 g/mol. The largest absolute Gasteiger partial charge is 0.439 e. The summed E-state index contributed by atoms with van der Waals surface area (Å²) in [4.78, 5) is 28.2. The van der Waals surface area contributed by atoms with Crippen LogP contribution < -0.4 is 10.1 Å². The Hall–Kier alpha value is -3.48. The van der Waals surface area contributed by atoms with Crippen molar-refractivity contribution >= 4 is 17.4 Å². The van der Waals surface area contributed by atoms with Gasteiger partial charge in [-0.2, -0.15) is 5.10 Å². The van der Waals surface area contributed by atoms with Crippen molar-refractivity contribution in [1.29, 1.82) is 0 Å². The van der Waals surface area contributed by atoms with Crippen LogP contribution in [0.15, 0.2) is 48.9 Å². The number of carbonyl (C=O) groups excluding carboxylic acids is 2. The molecule has 0 fully saturated rings. The molecular formula is C19H18N4O3. The smallest absolute Gasteiger partial charge is 0.296 e. The summed E-state index contributed by atoms with van der Waals surface area (Å²) in [6, 6.07) is 9.02. The second-order valence-corrected chi connectivity index (χ2v) is 5.92. The van der Waals surface area contributed by atoms with Crippen LogP contribution in [0.1, 0.15) is 21.5 Å². The Bertz CT molecular complexity index is 961. The number of amides is 1. The average molecular weight is 350 g/mol. The molecule has 0 aliphatic carbocycles. The first-order valence-electron chi connectivity index (χ1n) is 7.98. The van der Waals surface area contributed by atoms with Gasteiger partial charge >= 0.3 is 0 Å². The van der Waals surface area contributed by atoms with Crippen molar-refractivity contribution in [2.75, 3.05) is 5.32 Å². The molecule has 3 aromatic rings. The van der Waals surface area contributed by atoms with Crippen LogP contribution >= 0.6 is 0 Å². The molecule has 0 radical (unpaired) electrons. The lowest BCUT2D eigenvalue weighted by Crippen LogP contribution is -2.22. The summed E-state index contributed by atoms with van der Waals surface area (Å²) in [6.07, 6.45) is 4.27. The van der Waals surface area contributed by atoms with Crippen LogP contribution in [0.25, 0.3) is 0 Å². The van der Waals surface area contributed by atoms with Gasteiger partial charge in [0.25, 0.3) is 11.7 Å². The minimum absolute atomic E-state index is 0.229. The van der Waals surface area contributed by atoms with Gasteiger partial charge in [0.05, 0.1) is 23.6 Å². The topological polar surface area (TPSA) is 86.1 Å². The molecule has 3 rings (SSSR count). The summed E-state index contributed by atoms with van der Waals surface area (Å²) < 4.78 is 7.15. The molecule has 0 saturated carbocycles. The summed E-state index contributed by atoms with van der Waals surface area (Å²) in [5.74, 6) is -0.329. The molecule has 0 unspecified atom stereocenters. The summed E-state index contributed by atoms with van der Waals surface area (Å²) >= 11 is 0. The number of nitrogens with one attached hydrogen (secondary N) is 1. The molecule has 0 atom stereocenters. The lowest BCUT2D eigenvalue weighted by atomic mass is 10.1. The van der Waals surface area contributed by atoms with Crippen molar-refractivity contribution in [1.82, 2.24) is 14.8 Å². The van der Waals surface area contributed by atoms with Crippen LogP contribution in [0.3, 0.4) is 0 Å². The van der Waals surface area contributed by atoms with Gasteiger partial charge in [-0.3, -0.25) is 14.3 Å². The van der Waals surface area contributed by atoms with Gasteiger partial charge in [-0.1, -0.05) is 6.07 Å². The highest BCUT2D eigenvalue weighted by Gasteiger charge is 2.18. The Labute approximate surface area is 150 Å². The fourth-order valence-electron chi connectivity index (χ4n) is 2.27. The first kappa shape index (κ1) is 17.3. The van der Waals surface area contributed by atoms with Gasteiger partial charge in [0.15, 0.2) is 0 Å². The van der Waals surface area contributed by atoms with E-state index < -0.39 is 11.7 Å². The van der Waals surface area contributed by atoms with Crippen LogP contribution in [0.4, 0.5) is 5.69 Å². The van der Waals surface area contributed by atoms with Gasteiger partial charge in [0, 0.05) is 19.3 Å².